The van der Waals surface area contributed by atoms with Gasteiger partial charge < -0.3 is 10.4 Å². The topological polar surface area (TPSA) is 70.9 Å². The van der Waals surface area contributed by atoms with Gasteiger partial charge in [-0.1, -0.05) is 13.8 Å². The summed E-state index contributed by atoms with van der Waals surface area (Å²) in [5, 5.41) is 14.2. The number of pyridine rings is 1. The normalized spacial score (nSPS) is 14.7. The van der Waals surface area contributed by atoms with Crippen LogP contribution in [0.15, 0.2) is 24.7 Å². The maximum atomic E-state index is 10.2. The number of aromatic nitrogens is 3. The van der Waals surface area contributed by atoms with E-state index in [0.717, 1.165) is 5.39 Å². The minimum absolute atomic E-state index is 0.163. The molecule has 2 aromatic heterocycles. The summed E-state index contributed by atoms with van der Waals surface area (Å²) in [6, 6.07) is 3.76. The van der Waals surface area contributed by atoms with Crippen molar-refractivity contribution in [2.24, 2.45) is 5.92 Å². The van der Waals surface area contributed by atoms with Gasteiger partial charge in [-0.3, -0.25) is 0 Å². The number of anilines is 1. The Hall–Kier alpha value is -1.75. The van der Waals surface area contributed by atoms with E-state index in [0.29, 0.717) is 18.0 Å². The van der Waals surface area contributed by atoms with E-state index in [4.69, 9.17) is 0 Å². The zero-order valence-electron chi connectivity index (χ0n) is 10.9. The highest BCUT2D eigenvalue weighted by atomic mass is 16.3. The second-order valence-corrected chi connectivity index (χ2v) is 4.96. The molecule has 2 rings (SSSR count). The van der Waals surface area contributed by atoms with Crippen molar-refractivity contribution < 1.29 is 5.11 Å². The average molecular weight is 246 g/mol. The summed E-state index contributed by atoms with van der Waals surface area (Å²) in [5.41, 5.74) is -0.126. The van der Waals surface area contributed by atoms with Gasteiger partial charge in [0, 0.05) is 12.7 Å². The van der Waals surface area contributed by atoms with Crippen molar-refractivity contribution in [2.75, 3.05) is 11.9 Å². The molecular weight excluding hydrogens is 228 g/mol. The number of fused-ring (bicyclic) bond motifs is 1. The van der Waals surface area contributed by atoms with E-state index >= 15 is 0 Å². The third-order valence-corrected chi connectivity index (χ3v) is 3.27. The molecule has 1 unspecified atom stereocenters. The van der Waals surface area contributed by atoms with Gasteiger partial charge in [-0.05, 0) is 25.0 Å². The Morgan fingerprint density at radius 1 is 1.33 bits per heavy atom. The van der Waals surface area contributed by atoms with Gasteiger partial charge in [-0.15, -0.1) is 0 Å². The van der Waals surface area contributed by atoms with Crippen molar-refractivity contribution in [3.63, 3.8) is 0 Å². The molecule has 0 saturated carbocycles. The van der Waals surface area contributed by atoms with Crippen molar-refractivity contribution in [3.8, 4) is 0 Å². The molecule has 0 spiro atoms. The molecule has 0 aromatic carbocycles. The van der Waals surface area contributed by atoms with Crippen LogP contribution < -0.4 is 5.32 Å². The molecule has 96 valence electrons. The first kappa shape index (κ1) is 12.7. The third kappa shape index (κ3) is 2.56. The van der Waals surface area contributed by atoms with Gasteiger partial charge in [-0.25, -0.2) is 15.0 Å². The van der Waals surface area contributed by atoms with Crippen LogP contribution in [0.5, 0.6) is 0 Å². The SMILES string of the molecule is CC(C)C(C)(O)CNc1ncnc2ncccc12. The number of aliphatic hydroxyl groups is 1. The summed E-state index contributed by atoms with van der Waals surface area (Å²) >= 11 is 0. The van der Waals surface area contributed by atoms with Crippen LogP contribution in [0.4, 0.5) is 5.82 Å². The van der Waals surface area contributed by atoms with E-state index in [1.54, 1.807) is 6.20 Å². The van der Waals surface area contributed by atoms with Crippen LogP contribution in [-0.2, 0) is 0 Å². The van der Waals surface area contributed by atoms with Crippen molar-refractivity contribution in [3.05, 3.63) is 24.7 Å². The zero-order chi connectivity index (χ0) is 13.2. The summed E-state index contributed by atoms with van der Waals surface area (Å²) in [7, 11) is 0. The largest absolute Gasteiger partial charge is 0.388 e. The summed E-state index contributed by atoms with van der Waals surface area (Å²) in [5.74, 6) is 0.866. The average Bonchev–Trinajstić information content (AvgIpc) is 2.36. The van der Waals surface area contributed by atoms with Crippen LogP contribution >= 0.6 is 0 Å². The van der Waals surface area contributed by atoms with Gasteiger partial charge in [0.05, 0.1) is 11.0 Å². The summed E-state index contributed by atoms with van der Waals surface area (Å²) in [6.45, 7) is 6.22. The molecule has 0 amide bonds. The smallest absolute Gasteiger partial charge is 0.164 e. The molecule has 2 heterocycles. The van der Waals surface area contributed by atoms with E-state index in [9.17, 15) is 5.11 Å². The van der Waals surface area contributed by atoms with Crippen LogP contribution in [0, 0.1) is 5.92 Å². The molecule has 5 nitrogen and oxygen atoms in total. The van der Waals surface area contributed by atoms with Gasteiger partial charge in [0.2, 0.25) is 0 Å². The van der Waals surface area contributed by atoms with Gasteiger partial charge in [0.25, 0.3) is 0 Å². The molecule has 0 bridgehead atoms. The minimum Gasteiger partial charge on any atom is -0.388 e. The lowest BCUT2D eigenvalue weighted by Crippen LogP contribution is -2.38. The monoisotopic (exact) mass is 246 g/mol. The maximum absolute atomic E-state index is 10.2. The van der Waals surface area contributed by atoms with Crippen molar-refractivity contribution in [1.29, 1.82) is 0 Å². The molecule has 2 N–H and O–H groups in total. The fourth-order valence-corrected chi connectivity index (χ4v) is 1.50. The Kier molecular flexibility index (Phi) is 3.43. The minimum atomic E-state index is -0.778. The first-order valence-corrected chi connectivity index (χ1v) is 6.02. The summed E-state index contributed by atoms with van der Waals surface area (Å²) < 4.78 is 0. The van der Waals surface area contributed by atoms with Crippen molar-refractivity contribution >= 4 is 16.9 Å². The van der Waals surface area contributed by atoms with E-state index in [1.807, 2.05) is 32.9 Å². The Labute approximate surface area is 106 Å². The Morgan fingerprint density at radius 2 is 2.11 bits per heavy atom. The van der Waals surface area contributed by atoms with Crippen LogP contribution in [0.25, 0.3) is 11.0 Å². The Balaban J connectivity index is 2.22. The lowest BCUT2D eigenvalue weighted by molar-refractivity contribution is 0.0266. The molecule has 5 heteroatoms. The van der Waals surface area contributed by atoms with Crippen LogP contribution in [0.3, 0.4) is 0 Å². The molecule has 1 atom stereocenters. The highest BCUT2D eigenvalue weighted by Crippen LogP contribution is 2.20. The van der Waals surface area contributed by atoms with E-state index < -0.39 is 5.60 Å². The molecule has 18 heavy (non-hydrogen) atoms. The second kappa shape index (κ2) is 4.86. The quantitative estimate of drug-likeness (QED) is 0.861. The first-order valence-electron chi connectivity index (χ1n) is 6.02. The second-order valence-electron chi connectivity index (χ2n) is 4.96. The number of hydrogen-bond acceptors (Lipinski definition) is 5. The molecule has 0 aliphatic carbocycles. The molecule has 0 aliphatic heterocycles. The van der Waals surface area contributed by atoms with Gasteiger partial charge in [0.15, 0.2) is 5.65 Å². The lowest BCUT2D eigenvalue weighted by Gasteiger charge is -2.28. The van der Waals surface area contributed by atoms with E-state index in [2.05, 4.69) is 20.3 Å². The summed E-state index contributed by atoms with van der Waals surface area (Å²) in [6.07, 6.45) is 3.17. The van der Waals surface area contributed by atoms with Gasteiger partial charge in [-0.2, -0.15) is 0 Å². The zero-order valence-corrected chi connectivity index (χ0v) is 10.9. The number of nitrogens with one attached hydrogen (secondary N) is 1. The number of nitrogens with zero attached hydrogens (tertiary/aromatic N) is 3. The predicted octanol–water partition coefficient (Wildman–Crippen LogP) is 1.84. The Bertz CT molecular complexity index is 534. The molecule has 2 aromatic rings. The summed E-state index contributed by atoms with van der Waals surface area (Å²) in [4.78, 5) is 12.5. The first-order chi connectivity index (χ1) is 8.50. The van der Waals surface area contributed by atoms with Crippen molar-refractivity contribution in [1.82, 2.24) is 15.0 Å². The van der Waals surface area contributed by atoms with Gasteiger partial charge >= 0.3 is 0 Å². The highest BCUT2D eigenvalue weighted by Gasteiger charge is 2.24. The van der Waals surface area contributed by atoms with Crippen LogP contribution in [-0.4, -0.2) is 32.2 Å². The highest BCUT2D eigenvalue weighted by molar-refractivity contribution is 5.85. The van der Waals surface area contributed by atoms with Crippen LogP contribution in [0.2, 0.25) is 0 Å². The molecule has 0 fully saturated rings. The fourth-order valence-electron chi connectivity index (χ4n) is 1.50. The number of rotatable bonds is 4. The van der Waals surface area contributed by atoms with E-state index in [1.165, 1.54) is 6.33 Å². The fraction of sp³-hybridized carbons (Fsp3) is 0.462. The van der Waals surface area contributed by atoms with Crippen molar-refractivity contribution in [2.45, 2.75) is 26.4 Å². The predicted molar refractivity (Wildman–Crippen MR) is 71.3 cm³/mol. The Morgan fingerprint density at radius 3 is 2.83 bits per heavy atom. The number of hydrogen-bond donors (Lipinski definition) is 2. The molecule has 0 radical (unpaired) electrons. The molecular formula is C13H18N4O. The van der Waals surface area contributed by atoms with Gasteiger partial charge in [0.1, 0.15) is 12.1 Å². The van der Waals surface area contributed by atoms with Crippen LogP contribution in [0.1, 0.15) is 20.8 Å². The third-order valence-electron chi connectivity index (χ3n) is 3.27. The standard InChI is InChI=1S/C13H18N4O/c1-9(2)13(3,18)7-15-12-10-5-4-6-14-11(10)16-8-17-12/h4-6,8-9,18H,7H2,1-3H3,(H,14,15,16,17). The van der Waals surface area contributed by atoms with E-state index in [-0.39, 0.29) is 5.92 Å². The molecule has 0 aliphatic rings. The lowest BCUT2D eigenvalue weighted by atomic mass is 9.92. The maximum Gasteiger partial charge on any atom is 0.164 e. The molecule has 0 saturated heterocycles.